The van der Waals surface area contributed by atoms with Crippen LogP contribution in [0.2, 0.25) is 0 Å². The molecule has 8 nitrogen and oxygen atoms in total. The Morgan fingerprint density at radius 1 is 1.59 bits per heavy atom. The van der Waals surface area contributed by atoms with Crippen LogP contribution in [0.3, 0.4) is 0 Å². The van der Waals surface area contributed by atoms with E-state index in [9.17, 15) is 13.2 Å². The number of rotatable bonds is 5. The predicted molar refractivity (Wildman–Crippen MR) is 62.5 cm³/mol. The van der Waals surface area contributed by atoms with Crippen molar-refractivity contribution in [3.63, 3.8) is 0 Å². The monoisotopic (exact) mass is 261 g/mol. The molecule has 1 aromatic heterocycles. The van der Waals surface area contributed by atoms with E-state index in [1.807, 2.05) is 0 Å². The van der Waals surface area contributed by atoms with Gasteiger partial charge in [0.25, 0.3) is 5.91 Å². The minimum atomic E-state index is -3.49. The van der Waals surface area contributed by atoms with Gasteiger partial charge in [-0.05, 0) is 6.42 Å². The van der Waals surface area contributed by atoms with Crippen molar-refractivity contribution in [3.8, 4) is 0 Å². The molecule has 17 heavy (non-hydrogen) atoms. The minimum Gasteiger partial charge on any atom is -0.396 e. The van der Waals surface area contributed by atoms with Crippen molar-refractivity contribution in [2.24, 2.45) is 12.2 Å². The Labute approximate surface area is 99.0 Å². The summed E-state index contributed by atoms with van der Waals surface area (Å²) in [5.74, 6) is -0.608. The first kappa shape index (κ1) is 13.5. The molecule has 0 aliphatic heterocycles. The molecule has 1 aromatic rings. The summed E-state index contributed by atoms with van der Waals surface area (Å²) in [4.78, 5) is 11.6. The molecule has 1 rings (SSSR count). The smallest absolute Gasteiger partial charge is 0.273 e. The molecule has 0 aromatic carbocycles. The largest absolute Gasteiger partial charge is 0.396 e. The lowest BCUT2D eigenvalue weighted by Crippen LogP contribution is -2.28. The van der Waals surface area contributed by atoms with E-state index >= 15 is 0 Å². The van der Waals surface area contributed by atoms with Crippen molar-refractivity contribution in [2.45, 2.75) is 6.42 Å². The summed E-state index contributed by atoms with van der Waals surface area (Å²) in [6.45, 7) is 0.200. The second kappa shape index (κ2) is 5.15. The van der Waals surface area contributed by atoms with Gasteiger partial charge in [0, 0.05) is 19.8 Å². The van der Waals surface area contributed by atoms with Gasteiger partial charge in [0.2, 0.25) is 10.0 Å². The Balaban J connectivity index is 2.43. The number of nitrogens with zero attached hydrogens (tertiary/aromatic N) is 2. The summed E-state index contributed by atoms with van der Waals surface area (Å²) in [5, 5.41) is 11.2. The van der Waals surface area contributed by atoms with Crippen LogP contribution < -0.4 is 16.2 Å². The van der Waals surface area contributed by atoms with Crippen molar-refractivity contribution in [1.29, 1.82) is 0 Å². The number of amides is 1. The highest BCUT2D eigenvalue weighted by atomic mass is 32.2. The molecule has 0 bridgehead atoms. The van der Waals surface area contributed by atoms with E-state index in [4.69, 9.17) is 10.9 Å². The third-order valence-corrected chi connectivity index (χ3v) is 2.82. The molecule has 0 unspecified atom stereocenters. The normalized spacial score (nSPS) is 11.4. The van der Waals surface area contributed by atoms with Gasteiger partial charge in [-0.2, -0.15) is 5.10 Å². The first-order chi connectivity index (χ1) is 7.79. The van der Waals surface area contributed by atoms with Crippen LogP contribution >= 0.6 is 0 Å². The van der Waals surface area contributed by atoms with Crippen LogP contribution in [0.25, 0.3) is 0 Å². The van der Waals surface area contributed by atoms with E-state index in [1.54, 1.807) is 7.05 Å². The van der Waals surface area contributed by atoms with Crippen molar-refractivity contribution in [2.75, 3.05) is 18.0 Å². The van der Waals surface area contributed by atoms with E-state index in [1.165, 1.54) is 10.9 Å². The zero-order valence-electron chi connectivity index (χ0n) is 9.38. The van der Waals surface area contributed by atoms with Crippen molar-refractivity contribution in [1.82, 2.24) is 15.1 Å². The van der Waals surface area contributed by atoms with Crippen LogP contribution in [0.15, 0.2) is 6.20 Å². The average molecular weight is 261 g/mol. The molecule has 0 atom stereocenters. The number of anilines is 1. The molecule has 1 amide bonds. The fraction of sp³-hybridized carbons (Fsp3) is 0.500. The number of carbonyl (C=O) groups is 1. The SMILES string of the molecule is Cn1cc(N)c(C(=O)NCCCS(N)(=O)=O)n1. The highest BCUT2D eigenvalue weighted by Crippen LogP contribution is 2.07. The topological polar surface area (TPSA) is 133 Å². The fourth-order valence-corrected chi connectivity index (χ4v) is 1.79. The number of hydrogen-bond donors (Lipinski definition) is 3. The Morgan fingerprint density at radius 2 is 2.24 bits per heavy atom. The van der Waals surface area contributed by atoms with Crippen molar-refractivity contribution >= 4 is 21.6 Å². The highest BCUT2D eigenvalue weighted by molar-refractivity contribution is 7.89. The van der Waals surface area contributed by atoms with Crippen LogP contribution in [0.1, 0.15) is 16.9 Å². The second-order valence-corrected chi connectivity index (χ2v) is 5.32. The van der Waals surface area contributed by atoms with Crippen LogP contribution in [0, 0.1) is 0 Å². The molecule has 5 N–H and O–H groups in total. The summed E-state index contributed by atoms with van der Waals surface area (Å²) in [6.07, 6.45) is 1.76. The van der Waals surface area contributed by atoms with Crippen LogP contribution in [0.5, 0.6) is 0 Å². The Kier molecular flexibility index (Phi) is 4.07. The van der Waals surface area contributed by atoms with Gasteiger partial charge >= 0.3 is 0 Å². The molecule has 0 aliphatic carbocycles. The van der Waals surface area contributed by atoms with Gasteiger partial charge in [-0.3, -0.25) is 9.48 Å². The number of nitrogens with one attached hydrogen (secondary N) is 1. The highest BCUT2D eigenvalue weighted by Gasteiger charge is 2.13. The summed E-state index contributed by atoms with van der Waals surface area (Å²) in [6, 6.07) is 0. The van der Waals surface area contributed by atoms with E-state index in [0.29, 0.717) is 0 Å². The Hall–Kier alpha value is -1.61. The maximum atomic E-state index is 11.6. The Bertz CT molecular complexity index is 507. The van der Waals surface area contributed by atoms with Crippen LogP contribution in [0.4, 0.5) is 5.69 Å². The molecule has 96 valence electrons. The summed E-state index contributed by atoms with van der Waals surface area (Å²) < 4.78 is 22.7. The Morgan fingerprint density at radius 3 is 2.71 bits per heavy atom. The lowest BCUT2D eigenvalue weighted by Gasteiger charge is -2.02. The molecular formula is C8H15N5O3S. The van der Waals surface area contributed by atoms with E-state index < -0.39 is 15.9 Å². The number of nitrogens with two attached hydrogens (primary N) is 2. The third-order valence-electron chi connectivity index (χ3n) is 1.96. The molecular weight excluding hydrogens is 246 g/mol. The average Bonchev–Trinajstić information content (AvgIpc) is 2.51. The predicted octanol–water partition coefficient (Wildman–Crippen LogP) is -1.59. The molecule has 0 aliphatic rings. The fourth-order valence-electron chi connectivity index (χ4n) is 1.24. The van der Waals surface area contributed by atoms with E-state index in [0.717, 1.165) is 0 Å². The van der Waals surface area contributed by atoms with Crippen molar-refractivity contribution < 1.29 is 13.2 Å². The van der Waals surface area contributed by atoms with Gasteiger partial charge in [-0.15, -0.1) is 0 Å². The van der Waals surface area contributed by atoms with Gasteiger partial charge in [0.05, 0.1) is 11.4 Å². The number of aryl methyl sites for hydroxylation is 1. The molecule has 1 heterocycles. The number of primary sulfonamides is 1. The number of carbonyl (C=O) groups excluding carboxylic acids is 1. The number of aromatic nitrogens is 2. The molecule has 9 heteroatoms. The minimum absolute atomic E-state index is 0.128. The maximum absolute atomic E-state index is 11.6. The number of sulfonamides is 1. The zero-order chi connectivity index (χ0) is 13.1. The summed E-state index contributed by atoms with van der Waals surface area (Å²) in [5.41, 5.74) is 5.96. The van der Waals surface area contributed by atoms with E-state index in [2.05, 4.69) is 10.4 Å². The standard InChI is InChI=1S/C8H15N5O3S/c1-13-5-6(9)7(12-13)8(14)11-3-2-4-17(10,15)16/h5H,2-4,9H2,1H3,(H,11,14)(H2,10,15,16). The second-order valence-electron chi connectivity index (χ2n) is 3.58. The molecule has 0 fully saturated rings. The van der Waals surface area contributed by atoms with E-state index in [-0.39, 0.29) is 30.1 Å². The van der Waals surface area contributed by atoms with Gasteiger partial charge in [0.1, 0.15) is 0 Å². The first-order valence-corrected chi connectivity index (χ1v) is 6.59. The van der Waals surface area contributed by atoms with Gasteiger partial charge < -0.3 is 11.1 Å². The van der Waals surface area contributed by atoms with Crippen LogP contribution in [-0.2, 0) is 17.1 Å². The van der Waals surface area contributed by atoms with Crippen molar-refractivity contribution in [3.05, 3.63) is 11.9 Å². The lowest BCUT2D eigenvalue weighted by molar-refractivity contribution is 0.0949. The molecule has 0 saturated carbocycles. The van der Waals surface area contributed by atoms with Crippen LogP contribution in [-0.4, -0.2) is 36.4 Å². The van der Waals surface area contributed by atoms with Gasteiger partial charge in [-0.25, -0.2) is 13.6 Å². The zero-order valence-corrected chi connectivity index (χ0v) is 10.2. The van der Waals surface area contributed by atoms with Gasteiger partial charge in [-0.1, -0.05) is 0 Å². The third kappa shape index (κ3) is 4.41. The lowest BCUT2D eigenvalue weighted by atomic mass is 10.3. The number of hydrogen-bond acceptors (Lipinski definition) is 5. The van der Waals surface area contributed by atoms with Gasteiger partial charge in [0.15, 0.2) is 5.69 Å². The quantitative estimate of drug-likeness (QED) is 0.549. The molecule has 0 radical (unpaired) electrons. The maximum Gasteiger partial charge on any atom is 0.273 e. The molecule has 0 spiro atoms. The first-order valence-electron chi connectivity index (χ1n) is 4.87. The number of nitrogen functional groups attached to an aromatic ring is 1. The summed E-state index contributed by atoms with van der Waals surface area (Å²) in [7, 11) is -1.84. The molecule has 0 saturated heterocycles. The summed E-state index contributed by atoms with van der Waals surface area (Å²) >= 11 is 0.